The van der Waals surface area contributed by atoms with Gasteiger partial charge in [-0.05, 0) is 66.5 Å². The van der Waals surface area contributed by atoms with E-state index in [0.717, 1.165) is 0 Å². The molecule has 0 N–H and O–H groups in total. The van der Waals surface area contributed by atoms with Crippen molar-refractivity contribution < 1.29 is 27.4 Å². The first kappa shape index (κ1) is 24.6. The molecule has 0 heterocycles. The lowest BCUT2D eigenvalue weighted by atomic mass is 9.82. The summed E-state index contributed by atoms with van der Waals surface area (Å²) in [5.41, 5.74) is 1.69. The molecule has 1 aliphatic carbocycles. The van der Waals surface area contributed by atoms with E-state index < -0.39 is 17.5 Å². The molecular weight excluding hydrogens is 429 g/mol. The van der Waals surface area contributed by atoms with Crippen LogP contribution in [0, 0.1) is 11.6 Å². The van der Waals surface area contributed by atoms with Crippen LogP contribution in [0.15, 0.2) is 72.8 Å². The highest BCUT2D eigenvalue weighted by molar-refractivity contribution is 5.65. The summed E-state index contributed by atoms with van der Waals surface area (Å²) in [5, 5.41) is 0. The van der Waals surface area contributed by atoms with Gasteiger partial charge in [0.25, 0.3) is 0 Å². The smallest absolute Gasteiger partial charge is 0.166 e. The highest BCUT2D eigenvalue weighted by Gasteiger charge is 2.27. The molecule has 0 aliphatic heterocycles. The van der Waals surface area contributed by atoms with Gasteiger partial charge in [0.1, 0.15) is 11.5 Å². The third-order valence-electron chi connectivity index (χ3n) is 5.98. The first-order valence-electron chi connectivity index (χ1n) is 10.9. The topological polar surface area (TPSA) is 27.7 Å². The predicted molar refractivity (Wildman–Crippen MR) is 124 cm³/mol. The highest BCUT2D eigenvalue weighted by Crippen LogP contribution is 2.38. The zero-order chi connectivity index (χ0) is 24.0. The maximum Gasteiger partial charge on any atom is 0.166 e. The Labute approximate surface area is 193 Å². The number of ether oxygens (including phenoxy) is 3. The minimum absolute atomic E-state index is 0.0356. The Balaban J connectivity index is 1.58. The van der Waals surface area contributed by atoms with Crippen molar-refractivity contribution in [3.63, 3.8) is 0 Å². The Morgan fingerprint density at radius 2 is 1.64 bits per heavy atom. The average molecular weight is 459 g/mol. The Morgan fingerprint density at radius 3 is 2.24 bits per heavy atom. The second-order valence-electron chi connectivity index (χ2n) is 8.12. The van der Waals surface area contributed by atoms with Crippen molar-refractivity contribution in [1.82, 2.24) is 0 Å². The van der Waals surface area contributed by atoms with Crippen molar-refractivity contribution in [3.05, 3.63) is 90.0 Å². The van der Waals surface area contributed by atoms with Crippen LogP contribution in [0.5, 0.6) is 5.75 Å². The van der Waals surface area contributed by atoms with E-state index in [2.05, 4.69) is 13.2 Å². The molecule has 6 heteroatoms. The maximum absolute atomic E-state index is 14.9. The maximum atomic E-state index is 14.9. The summed E-state index contributed by atoms with van der Waals surface area (Å²) in [6.45, 7) is 7.41. The Bertz CT molecular complexity index is 1020. The molecule has 1 saturated carbocycles. The van der Waals surface area contributed by atoms with E-state index in [9.17, 15) is 13.2 Å². The minimum Gasteiger partial charge on any atom is -0.497 e. The van der Waals surface area contributed by atoms with Crippen LogP contribution < -0.4 is 4.74 Å². The Morgan fingerprint density at radius 1 is 0.970 bits per heavy atom. The van der Waals surface area contributed by atoms with E-state index in [4.69, 9.17) is 14.2 Å². The third-order valence-corrected chi connectivity index (χ3v) is 5.98. The Kier molecular flexibility index (Phi) is 8.39. The Hall–Kier alpha value is -2.99. The number of benzene rings is 2. The predicted octanol–water partition coefficient (Wildman–Crippen LogP) is 7.25. The van der Waals surface area contributed by atoms with Crippen molar-refractivity contribution >= 4 is 0 Å². The van der Waals surface area contributed by atoms with Crippen molar-refractivity contribution in [3.8, 4) is 16.9 Å². The van der Waals surface area contributed by atoms with Crippen molar-refractivity contribution in [2.24, 2.45) is 0 Å². The molecule has 0 spiro atoms. The number of halogens is 3. The van der Waals surface area contributed by atoms with E-state index in [1.165, 1.54) is 13.2 Å². The van der Waals surface area contributed by atoms with E-state index in [-0.39, 0.29) is 30.0 Å². The fourth-order valence-corrected chi connectivity index (χ4v) is 4.04. The molecule has 0 atom stereocenters. The summed E-state index contributed by atoms with van der Waals surface area (Å²) < 4.78 is 59.2. The number of hydrogen-bond donors (Lipinski definition) is 0. The van der Waals surface area contributed by atoms with Crippen LogP contribution in [0.4, 0.5) is 13.2 Å². The SMILES string of the molecule is C=C(/C=C(/F)C(=C)OC)COC1CCC(c2ccc(-c3ccc(OC)cc3)c(F)c2F)CC1. The first-order valence-corrected chi connectivity index (χ1v) is 10.9. The quantitative estimate of drug-likeness (QED) is 0.293. The highest BCUT2D eigenvalue weighted by atomic mass is 19.2. The largest absolute Gasteiger partial charge is 0.497 e. The van der Waals surface area contributed by atoms with Gasteiger partial charge in [-0.1, -0.05) is 37.4 Å². The fraction of sp³-hybridized carbons (Fsp3) is 0.333. The number of allylic oxidation sites excluding steroid dienone is 1. The van der Waals surface area contributed by atoms with Gasteiger partial charge in [0.05, 0.1) is 26.9 Å². The molecule has 3 nitrogen and oxygen atoms in total. The minimum atomic E-state index is -0.834. The number of methoxy groups -OCH3 is 2. The number of rotatable bonds is 9. The number of hydrogen-bond acceptors (Lipinski definition) is 3. The van der Waals surface area contributed by atoms with Gasteiger partial charge < -0.3 is 14.2 Å². The summed E-state index contributed by atoms with van der Waals surface area (Å²) >= 11 is 0. The molecule has 1 aliphatic rings. The zero-order valence-electron chi connectivity index (χ0n) is 19.0. The molecule has 0 aromatic heterocycles. The van der Waals surface area contributed by atoms with Crippen LogP contribution in [-0.2, 0) is 9.47 Å². The van der Waals surface area contributed by atoms with Crippen LogP contribution >= 0.6 is 0 Å². The van der Waals surface area contributed by atoms with Gasteiger partial charge in [-0.3, -0.25) is 0 Å². The lowest BCUT2D eigenvalue weighted by molar-refractivity contribution is 0.0393. The van der Waals surface area contributed by atoms with Crippen LogP contribution in [0.25, 0.3) is 11.1 Å². The monoisotopic (exact) mass is 458 g/mol. The van der Waals surface area contributed by atoms with Crippen molar-refractivity contribution in [2.75, 3.05) is 20.8 Å². The molecule has 33 heavy (non-hydrogen) atoms. The van der Waals surface area contributed by atoms with Crippen molar-refractivity contribution in [1.29, 1.82) is 0 Å². The molecule has 0 unspecified atom stereocenters. The third kappa shape index (κ3) is 6.08. The first-order chi connectivity index (χ1) is 15.8. The van der Waals surface area contributed by atoms with E-state index in [1.807, 2.05) is 0 Å². The van der Waals surface area contributed by atoms with E-state index in [0.29, 0.717) is 48.1 Å². The average Bonchev–Trinajstić information content (AvgIpc) is 2.84. The van der Waals surface area contributed by atoms with Gasteiger partial charge in [-0.2, -0.15) is 0 Å². The molecule has 176 valence electrons. The summed E-state index contributed by atoms with van der Waals surface area (Å²) in [5.74, 6) is -1.71. The van der Waals surface area contributed by atoms with Gasteiger partial charge in [0, 0.05) is 5.56 Å². The van der Waals surface area contributed by atoms with Gasteiger partial charge in [-0.15, -0.1) is 0 Å². The zero-order valence-corrected chi connectivity index (χ0v) is 19.0. The van der Waals surface area contributed by atoms with E-state index in [1.54, 1.807) is 43.5 Å². The molecule has 0 saturated heterocycles. The fourth-order valence-electron chi connectivity index (χ4n) is 4.04. The van der Waals surface area contributed by atoms with Crippen LogP contribution in [-0.4, -0.2) is 26.9 Å². The summed E-state index contributed by atoms with van der Waals surface area (Å²) in [4.78, 5) is 0. The van der Waals surface area contributed by atoms with Gasteiger partial charge >= 0.3 is 0 Å². The van der Waals surface area contributed by atoms with Gasteiger partial charge in [-0.25, -0.2) is 13.2 Å². The van der Waals surface area contributed by atoms with Gasteiger partial charge in [0.2, 0.25) is 0 Å². The van der Waals surface area contributed by atoms with Crippen molar-refractivity contribution in [2.45, 2.75) is 37.7 Å². The van der Waals surface area contributed by atoms with Gasteiger partial charge in [0.15, 0.2) is 17.5 Å². The van der Waals surface area contributed by atoms with Crippen LogP contribution in [0.2, 0.25) is 0 Å². The van der Waals surface area contributed by atoms with E-state index >= 15 is 0 Å². The molecule has 0 radical (unpaired) electrons. The lowest BCUT2D eigenvalue weighted by Crippen LogP contribution is -2.22. The second-order valence-corrected chi connectivity index (χ2v) is 8.12. The normalized spacial score (nSPS) is 18.6. The molecule has 2 aromatic carbocycles. The van der Waals surface area contributed by atoms with Crippen LogP contribution in [0.1, 0.15) is 37.2 Å². The molecule has 0 bridgehead atoms. The van der Waals surface area contributed by atoms with Crippen LogP contribution in [0.3, 0.4) is 0 Å². The summed E-state index contributed by atoms with van der Waals surface area (Å²) in [7, 11) is 2.89. The molecular formula is C27H29F3O3. The molecule has 1 fully saturated rings. The standard InChI is InChI=1S/C27H29F3O3/c1-17(15-25(28)18(2)31-3)16-33-22-11-7-20(8-12-22)24-14-13-23(26(29)27(24)30)19-5-9-21(32-4)10-6-19/h5-6,9-10,13-15,20,22H,1-2,7-8,11-12,16H2,3-4H3/b25-15+. The molecule has 2 aromatic rings. The molecule has 0 amide bonds. The summed E-state index contributed by atoms with van der Waals surface area (Å²) in [6.07, 6.45) is 3.97. The second kappa shape index (κ2) is 11.2. The summed E-state index contributed by atoms with van der Waals surface area (Å²) in [6, 6.07) is 10.2. The lowest BCUT2D eigenvalue weighted by Gasteiger charge is -2.29. The molecule has 3 rings (SSSR count).